The second kappa shape index (κ2) is 9.28. The van der Waals surface area contributed by atoms with E-state index >= 15 is 0 Å². The van der Waals surface area contributed by atoms with Crippen LogP contribution in [-0.4, -0.2) is 23.4 Å². The molecule has 9 atom stereocenters. The fourth-order valence-electron chi connectivity index (χ4n) is 11.7. The molecular formula is C37H53NO3. The van der Waals surface area contributed by atoms with E-state index in [0.717, 1.165) is 31.2 Å². The highest BCUT2D eigenvalue weighted by Gasteiger charge is 2.69. The first kappa shape index (κ1) is 29.1. The molecule has 0 saturated heterocycles. The lowest BCUT2D eigenvalue weighted by molar-refractivity contribution is -0.216. The molecule has 4 fully saturated rings. The third-order valence-electron chi connectivity index (χ3n) is 13.8. The standard InChI is InChI=1S/C37H53NO3/c1-32(2,3)41-31(40)25-12-10-24(11-13-25)26-16-19-33(4)29-15-14-27-28-9-8-18-37(28,23-39)22-21-34(27,5)35(29,6)20-17-30(33)36(26,7)38/h10-13,16,23,27-30H,8-9,14-15,17-22,38H2,1-7H3/t27?,28-,29?,30?,33?,34-,35?,36?,37?/m1/s1. The highest BCUT2D eigenvalue weighted by Crippen LogP contribution is 2.76. The number of ether oxygens (including phenoxy) is 1. The molecule has 4 nitrogen and oxygen atoms in total. The largest absolute Gasteiger partial charge is 0.456 e. The number of fused-ring (bicyclic) bond motifs is 7. The summed E-state index contributed by atoms with van der Waals surface area (Å²) < 4.78 is 5.58. The third kappa shape index (κ3) is 4.09. The highest BCUT2D eigenvalue weighted by molar-refractivity contribution is 5.90. The predicted molar refractivity (Wildman–Crippen MR) is 165 cm³/mol. The van der Waals surface area contributed by atoms with Crippen LogP contribution in [0.15, 0.2) is 30.3 Å². The minimum Gasteiger partial charge on any atom is -0.456 e. The normalized spacial score (nSPS) is 45.4. The topological polar surface area (TPSA) is 69.4 Å². The summed E-state index contributed by atoms with van der Waals surface area (Å²) >= 11 is 0. The third-order valence-corrected chi connectivity index (χ3v) is 13.8. The van der Waals surface area contributed by atoms with E-state index in [1.54, 1.807) is 0 Å². The van der Waals surface area contributed by atoms with Crippen LogP contribution in [0.3, 0.4) is 0 Å². The van der Waals surface area contributed by atoms with Gasteiger partial charge in [-0.3, -0.25) is 0 Å². The number of carbonyl (C=O) groups is 2. The van der Waals surface area contributed by atoms with Gasteiger partial charge in [0.05, 0.1) is 5.56 Å². The Hall–Kier alpha value is -1.94. The Bertz CT molecular complexity index is 1260. The molecule has 5 aliphatic rings. The number of esters is 1. The zero-order valence-electron chi connectivity index (χ0n) is 26.6. The van der Waals surface area contributed by atoms with Crippen LogP contribution >= 0.6 is 0 Å². The van der Waals surface area contributed by atoms with E-state index < -0.39 is 11.1 Å². The Morgan fingerprint density at radius 2 is 1.59 bits per heavy atom. The maximum absolute atomic E-state index is 12.6. The minimum absolute atomic E-state index is 0.0359. The summed E-state index contributed by atoms with van der Waals surface area (Å²) in [6.07, 6.45) is 15.7. The van der Waals surface area contributed by atoms with Crippen LogP contribution in [0.5, 0.6) is 0 Å². The molecule has 0 radical (unpaired) electrons. The first-order valence-electron chi connectivity index (χ1n) is 16.4. The van der Waals surface area contributed by atoms with Crippen molar-refractivity contribution in [1.29, 1.82) is 0 Å². The van der Waals surface area contributed by atoms with Crippen LogP contribution < -0.4 is 5.73 Å². The summed E-state index contributed by atoms with van der Waals surface area (Å²) in [7, 11) is 0. The van der Waals surface area contributed by atoms with Crippen LogP contribution in [0.25, 0.3) is 5.57 Å². The van der Waals surface area contributed by atoms with Gasteiger partial charge in [0.1, 0.15) is 11.9 Å². The molecular weight excluding hydrogens is 506 g/mol. The van der Waals surface area contributed by atoms with Gasteiger partial charge in [-0.1, -0.05) is 45.4 Å². The van der Waals surface area contributed by atoms with Crippen molar-refractivity contribution < 1.29 is 14.3 Å². The van der Waals surface area contributed by atoms with E-state index in [1.165, 1.54) is 50.4 Å². The van der Waals surface area contributed by atoms with E-state index in [0.29, 0.717) is 29.2 Å². The Morgan fingerprint density at radius 3 is 2.24 bits per heavy atom. The van der Waals surface area contributed by atoms with Crippen molar-refractivity contribution in [1.82, 2.24) is 0 Å². The maximum Gasteiger partial charge on any atom is 0.338 e. The molecule has 1 aromatic carbocycles. The molecule has 0 amide bonds. The van der Waals surface area contributed by atoms with Gasteiger partial charge in [-0.2, -0.15) is 0 Å². The highest BCUT2D eigenvalue weighted by atomic mass is 16.6. The summed E-state index contributed by atoms with van der Waals surface area (Å²) in [4.78, 5) is 25.0. The Kier molecular flexibility index (Phi) is 6.60. The molecule has 5 aliphatic carbocycles. The van der Waals surface area contributed by atoms with Crippen molar-refractivity contribution >= 4 is 17.8 Å². The molecule has 224 valence electrons. The van der Waals surface area contributed by atoms with Gasteiger partial charge >= 0.3 is 5.97 Å². The fourth-order valence-corrected chi connectivity index (χ4v) is 11.7. The molecule has 0 bridgehead atoms. The summed E-state index contributed by atoms with van der Waals surface area (Å²) in [6.45, 7) is 15.8. The number of aldehydes is 1. The van der Waals surface area contributed by atoms with Gasteiger partial charge in [0.15, 0.2) is 0 Å². The molecule has 1 aromatic rings. The van der Waals surface area contributed by atoms with Crippen LogP contribution in [0.1, 0.15) is 129 Å². The molecule has 4 saturated carbocycles. The summed E-state index contributed by atoms with van der Waals surface area (Å²) in [6, 6.07) is 7.89. The smallest absolute Gasteiger partial charge is 0.338 e. The van der Waals surface area contributed by atoms with Crippen molar-refractivity contribution in [3.63, 3.8) is 0 Å². The maximum atomic E-state index is 12.6. The minimum atomic E-state index is -0.514. The molecule has 6 rings (SSSR count). The van der Waals surface area contributed by atoms with Crippen molar-refractivity contribution in [2.24, 2.45) is 51.1 Å². The fraction of sp³-hybridized carbons (Fsp3) is 0.730. The van der Waals surface area contributed by atoms with Gasteiger partial charge in [-0.05, 0) is 149 Å². The van der Waals surface area contributed by atoms with Crippen molar-refractivity contribution in [3.05, 3.63) is 41.5 Å². The number of carbonyl (C=O) groups excluding carboxylic acids is 2. The quantitative estimate of drug-likeness (QED) is 0.298. The Balaban J connectivity index is 1.29. The second-order valence-electron chi connectivity index (χ2n) is 16.7. The lowest BCUT2D eigenvalue weighted by Crippen LogP contribution is -2.67. The van der Waals surface area contributed by atoms with Crippen LogP contribution in [0.4, 0.5) is 0 Å². The zero-order valence-corrected chi connectivity index (χ0v) is 26.6. The first-order chi connectivity index (χ1) is 19.1. The Morgan fingerprint density at radius 1 is 0.878 bits per heavy atom. The lowest BCUT2D eigenvalue weighted by Gasteiger charge is -2.71. The van der Waals surface area contributed by atoms with Crippen molar-refractivity contribution in [2.45, 2.75) is 124 Å². The molecule has 7 unspecified atom stereocenters. The lowest BCUT2D eigenvalue weighted by atomic mass is 9.33. The Labute approximate surface area is 248 Å². The zero-order chi connectivity index (χ0) is 29.6. The predicted octanol–water partition coefficient (Wildman–Crippen LogP) is 8.38. The number of benzene rings is 1. The van der Waals surface area contributed by atoms with Gasteiger partial charge in [-0.15, -0.1) is 0 Å². The first-order valence-corrected chi connectivity index (χ1v) is 16.4. The number of nitrogens with two attached hydrogens (primary N) is 1. The van der Waals surface area contributed by atoms with Gasteiger partial charge in [0.25, 0.3) is 0 Å². The van der Waals surface area contributed by atoms with Gasteiger partial charge in [-0.25, -0.2) is 4.79 Å². The van der Waals surface area contributed by atoms with Crippen molar-refractivity contribution in [3.8, 4) is 0 Å². The molecule has 41 heavy (non-hydrogen) atoms. The average Bonchev–Trinajstić information content (AvgIpc) is 3.33. The average molecular weight is 560 g/mol. The molecule has 2 N–H and O–H groups in total. The number of rotatable bonds is 3. The second-order valence-corrected chi connectivity index (χ2v) is 16.7. The van der Waals surface area contributed by atoms with Gasteiger partial charge < -0.3 is 15.3 Å². The van der Waals surface area contributed by atoms with Gasteiger partial charge in [0, 0.05) is 11.0 Å². The molecule has 4 heteroatoms. The van der Waals surface area contributed by atoms with E-state index in [9.17, 15) is 9.59 Å². The summed E-state index contributed by atoms with van der Waals surface area (Å²) in [5, 5.41) is 0. The molecule has 0 aromatic heterocycles. The SMILES string of the molecule is CC(C)(C)OC(=O)c1ccc(C2=CCC3(C)C(CCC4(C)C3CCC3[C@H]5CCCC5(C=O)CC[C@]34C)C2(C)N)cc1. The van der Waals surface area contributed by atoms with E-state index in [1.807, 2.05) is 32.9 Å². The van der Waals surface area contributed by atoms with Crippen LogP contribution in [0, 0.1) is 45.3 Å². The van der Waals surface area contributed by atoms with Crippen molar-refractivity contribution in [2.75, 3.05) is 0 Å². The number of hydrogen-bond donors (Lipinski definition) is 1. The monoisotopic (exact) mass is 559 g/mol. The van der Waals surface area contributed by atoms with E-state index in [4.69, 9.17) is 10.5 Å². The van der Waals surface area contributed by atoms with E-state index in [-0.39, 0.29) is 27.6 Å². The molecule has 0 heterocycles. The van der Waals surface area contributed by atoms with Crippen LogP contribution in [-0.2, 0) is 9.53 Å². The van der Waals surface area contributed by atoms with Crippen LogP contribution in [0.2, 0.25) is 0 Å². The molecule has 0 spiro atoms. The van der Waals surface area contributed by atoms with E-state index in [2.05, 4.69) is 45.9 Å². The number of hydrogen-bond acceptors (Lipinski definition) is 4. The number of allylic oxidation sites excluding steroid dienone is 1. The summed E-state index contributed by atoms with van der Waals surface area (Å²) in [5.74, 6) is 2.01. The molecule has 0 aliphatic heterocycles. The summed E-state index contributed by atoms with van der Waals surface area (Å²) in [5.41, 5.74) is 10.1. The van der Waals surface area contributed by atoms with Gasteiger partial charge in [0.2, 0.25) is 0 Å².